The Morgan fingerprint density at radius 3 is 3.16 bits per heavy atom. The molecule has 0 amide bonds. The summed E-state index contributed by atoms with van der Waals surface area (Å²) in [5, 5.41) is 17.5. The lowest BCUT2D eigenvalue weighted by atomic mass is 9.99. The molecule has 1 aromatic heterocycles. The zero-order valence-electron chi connectivity index (χ0n) is 14.0. The molecule has 132 valence electrons. The van der Waals surface area contributed by atoms with Gasteiger partial charge in [-0.05, 0) is 24.1 Å². The number of methoxy groups -OCH3 is 1. The fourth-order valence-electron chi connectivity index (χ4n) is 3.67. The molecule has 4 rings (SSSR count). The predicted octanol–water partition coefficient (Wildman–Crippen LogP) is 1.33. The van der Waals surface area contributed by atoms with Gasteiger partial charge in [-0.1, -0.05) is 11.3 Å². The molecule has 2 atom stereocenters. The Labute approximate surface area is 144 Å². The van der Waals surface area contributed by atoms with E-state index in [4.69, 9.17) is 9.47 Å². The molecule has 8 heteroatoms. The molecule has 2 aliphatic heterocycles. The molecular weight excluding hydrogens is 324 g/mol. The zero-order valence-corrected chi connectivity index (χ0v) is 14.0. The number of carboxylic acid groups (broad SMARTS) is 1. The highest BCUT2D eigenvalue weighted by molar-refractivity contribution is 5.91. The average Bonchev–Trinajstić information content (AvgIpc) is 3.11. The SMILES string of the molecule is COc1ccc(CN2CC[C@@H]3OCc4cnnn4[C@H]3C2)cc1C(=O)O. The number of likely N-dealkylation sites (tertiary alicyclic amines) is 1. The number of benzene rings is 1. The Kier molecular flexibility index (Phi) is 4.14. The summed E-state index contributed by atoms with van der Waals surface area (Å²) < 4.78 is 13.0. The number of piperidine rings is 1. The van der Waals surface area contributed by atoms with Gasteiger partial charge in [-0.25, -0.2) is 9.48 Å². The maximum absolute atomic E-state index is 11.4. The van der Waals surface area contributed by atoms with Gasteiger partial charge in [0.05, 0.1) is 37.8 Å². The van der Waals surface area contributed by atoms with E-state index < -0.39 is 5.97 Å². The Morgan fingerprint density at radius 1 is 1.48 bits per heavy atom. The number of hydrogen-bond acceptors (Lipinski definition) is 6. The molecule has 3 heterocycles. The summed E-state index contributed by atoms with van der Waals surface area (Å²) in [7, 11) is 1.48. The van der Waals surface area contributed by atoms with Crippen molar-refractivity contribution in [3.8, 4) is 5.75 Å². The van der Waals surface area contributed by atoms with E-state index in [2.05, 4.69) is 15.2 Å². The molecule has 0 bridgehead atoms. The number of nitrogens with zero attached hydrogens (tertiary/aromatic N) is 4. The monoisotopic (exact) mass is 344 g/mol. The molecule has 0 unspecified atom stereocenters. The first-order valence-electron chi connectivity index (χ1n) is 8.29. The lowest BCUT2D eigenvalue weighted by molar-refractivity contribution is -0.0669. The van der Waals surface area contributed by atoms with Gasteiger partial charge in [-0.3, -0.25) is 4.90 Å². The van der Waals surface area contributed by atoms with Crippen molar-refractivity contribution < 1.29 is 19.4 Å². The van der Waals surface area contributed by atoms with Gasteiger partial charge in [0, 0.05) is 19.6 Å². The van der Waals surface area contributed by atoms with Gasteiger partial charge in [-0.15, -0.1) is 5.10 Å². The van der Waals surface area contributed by atoms with Crippen LogP contribution in [0.15, 0.2) is 24.4 Å². The van der Waals surface area contributed by atoms with Crippen molar-refractivity contribution in [1.29, 1.82) is 0 Å². The first-order chi connectivity index (χ1) is 12.2. The molecule has 0 spiro atoms. The molecule has 2 aromatic rings. The number of carboxylic acids is 1. The van der Waals surface area contributed by atoms with Gasteiger partial charge in [-0.2, -0.15) is 0 Å². The van der Waals surface area contributed by atoms with Crippen LogP contribution in [-0.4, -0.2) is 57.3 Å². The molecule has 0 saturated carbocycles. The van der Waals surface area contributed by atoms with Crippen LogP contribution in [0.1, 0.15) is 34.1 Å². The molecule has 25 heavy (non-hydrogen) atoms. The third-order valence-electron chi connectivity index (χ3n) is 4.91. The lowest BCUT2D eigenvalue weighted by Gasteiger charge is -2.41. The number of carbonyl (C=O) groups is 1. The quantitative estimate of drug-likeness (QED) is 0.895. The van der Waals surface area contributed by atoms with Crippen molar-refractivity contribution >= 4 is 5.97 Å². The summed E-state index contributed by atoms with van der Waals surface area (Å²) in [4.78, 5) is 13.7. The van der Waals surface area contributed by atoms with Crippen molar-refractivity contribution in [2.75, 3.05) is 20.2 Å². The standard InChI is InChI=1S/C17H20N4O4/c1-24-15-3-2-11(6-13(15)17(22)23)8-20-5-4-16-14(9-20)21-12(10-25-16)7-18-19-21/h2-3,6-7,14,16H,4-5,8-10H2,1H3,(H,22,23)/t14-,16-/m0/s1. The van der Waals surface area contributed by atoms with E-state index in [1.165, 1.54) is 7.11 Å². The Balaban J connectivity index is 1.51. The third-order valence-corrected chi connectivity index (χ3v) is 4.91. The van der Waals surface area contributed by atoms with Crippen molar-refractivity contribution in [3.05, 3.63) is 41.2 Å². The molecule has 1 aromatic carbocycles. The fourth-order valence-corrected chi connectivity index (χ4v) is 3.67. The van der Waals surface area contributed by atoms with Crippen LogP contribution in [0.4, 0.5) is 0 Å². The number of ether oxygens (including phenoxy) is 2. The molecule has 1 saturated heterocycles. The summed E-state index contributed by atoms with van der Waals surface area (Å²) in [6, 6.07) is 5.46. The van der Waals surface area contributed by atoms with Crippen LogP contribution < -0.4 is 4.74 Å². The Hall–Kier alpha value is -2.45. The second kappa shape index (κ2) is 6.45. The fraction of sp³-hybridized carbons (Fsp3) is 0.471. The van der Waals surface area contributed by atoms with Crippen LogP contribution in [0.3, 0.4) is 0 Å². The van der Waals surface area contributed by atoms with E-state index in [9.17, 15) is 9.90 Å². The third kappa shape index (κ3) is 2.98. The molecule has 8 nitrogen and oxygen atoms in total. The molecule has 0 radical (unpaired) electrons. The molecule has 2 aliphatic rings. The summed E-state index contributed by atoms with van der Waals surface area (Å²) in [5.41, 5.74) is 2.14. The van der Waals surface area contributed by atoms with Crippen LogP contribution in [0.25, 0.3) is 0 Å². The highest BCUT2D eigenvalue weighted by Crippen LogP contribution is 2.31. The Morgan fingerprint density at radius 2 is 2.36 bits per heavy atom. The smallest absolute Gasteiger partial charge is 0.339 e. The van der Waals surface area contributed by atoms with E-state index in [0.29, 0.717) is 18.9 Å². The molecule has 1 fully saturated rings. The van der Waals surface area contributed by atoms with Gasteiger partial charge >= 0.3 is 5.97 Å². The van der Waals surface area contributed by atoms with Gasteiger partial charge in [0.2, 0.25) is 0 Å². The second-order valence-electron chi connectivity index (χ2n) is 6.45. The average molecular weight is 344 g/mol. The largest absolute Gasteiger partial charge is 0.496 e. The van der Waals surface area contributed by atoms with Crippen LogP contribution in [-0.2, 0) is 17.9 Å². The van der Waals surface area contributed by atoms with E-state index in [1.807, 2.05) is 10.7 Å². The Bertz CT molecular complexity index is 791. The van der Waals surface area contributed by atoms with E-state index in [-0.39, 0.29) is 17.7 Å². The number of rotatable bonds is 4. The van der Waals surface area contributed by atoms with Gasteiger partial charge < -0.3 is 14.6 Å². The minimum absolute atomic E-state index is 0.150. The first kappa shape index (κ1) is 16.0. The van der Waals surface area contributed by atoms with Crippen molar-refractivity contribution in [1.82, 2.24) is 19.9 Å². The lowest BCUT2D eigenvalue weighted by Crippen LogP contribution is -2.47. The minimum atomic E-state index is -0.981. The zero-order chi connectivity index (χ0) is 17.4. The molecule has 1 N–H and O–H groups in total. The van der Waals surface area contributed by atoms with E-state index >= 15 is 0 Å². The maximum atomic E-state index is 11.4. The predicted molar refractivity (Wildman–Crippen MR) is 87.5 cm³/mol. The van der Waals surface area contributed by atoms with Gasteiger partial charge in [0.1, 0.15) is 11.3 Å². The van der Waals surface area contributed by atoms with Crippen LogP contribution in [0, 0.1) is 0 Å². The molecule has 0 aliphatic carbocycles. The van der Waals surface area contributed by atoms with Crippen LogP contribution in [0.5, 0.6) is 5.75 Å². The normalized spacial score (nSPS) is 22.9. The summed E-state index contributed by atoms with van der Waals surface area (Å²) >= 11 is 0. The summed E-state index contributed by atoms with van der Waals surface area (Å²) in [5.74, 6) is -0.603. The van der Waals surface area contributed by atoms with Gasteiger partial charge in [0.25, 0.3) is 0 Å². The summed E-state index contributed by atoms with van der Waals surface area (Å²) in [6.45, 7) is 2.95. The second-order valence-corrected chi connectivity index (χ2v) is 6.45. The highest BCUT2D eigenvalue weighted by Gasteiger charge is 2.36. The van der Waals surface area contributed by atoms with Crippen molar-refractivity contribution in [3.63, 3.8) is 0 Å². The number of fused-ring (bicyclic) bond motifs is 3. The van der Waals surface area contributed by atoms with Crippen LogP contribution in [0.2, 0.25) is 0 Å². The van der Waals surface area contributed by atoms with Gasteiger partial charge in [0.15, 0.2) is 0 Å². The van der Waals surface area contributed by atoms with Crippen LogP contribution >= 0.6 is 0 Å². The highest BCUT2D eigenvalue weighted by atomic mass is 16.5. The van der Waals surface area contributed by atoms with Crippen molar-refractivity contribution in [2.45, 2.75) is 31.7 Å². The van der Waals surface area contributed by atoms with Crippen molar-refractivity contribution in [2.24, 2.45) is 0 Å². The number of aromatic nitrogens is 3. The topological polar surface area (TPSA) is 89.7 Å². The number of aromatic carboxylic acids is 1. The minimum Gasteiger partial charge on any atom is -0.496 e. The summed E-state index contributed by atoms with van der Waals surface area (Å²) in [6.07, 6.45) is 2.83. The maximum Gasteiger partial charge on any atom is 0.339 e. The number of hydrogen-bond donors (Lipinski definition) is 1. The van der Waals surface area contributed by atoms with E-state index in [1.54, 1.807) is 18.3 Å². The first-order valence-corrected chi connectivity index (χ1v) is 8.29. The molecular formula is C17H20N4O4. The van der Waals surface area contributed by atoms with E-state index in [0.717, 1.165) is 30.8 Å².